The lowest BCUT2D eigenvalue weighted by molar-refractivity contribution is -0.137. The van der Waals surface area contributed by atoms with Crippen LogP contribution in [0.2, 0.25) is 5.02 Å². The molecule has 0 aliphatic heterocycles. The smallest absolute Gasteiger partial charge is 0.324 e. The highest BCUT2D eigenvalue weighted by Crippen LogP contribution is 2.37. The molecular formula is C15H10Cl2F3NO. The first-order valence-electron chi connectivity index (χ1n) is 6.15. The number of anilines is 1. The largest absolute Gasteiger partial charge is 0.418 e. The molecular weight excluding hydrogens is 338 g/mol. The molecule has 0 saturated carbocycles. The van der Waals surface area contributed by atoms with E-state index in [4.69, 9.17) is 23.2 Å². The highest BCUT2D eigenvalue weighted by atomic mass is 35.5. The fourth-order valence-corrected chi connectivity index (χ4v) is 2.20. The Balaban J connectivity index is 2.26. The molecule has 0 bridgehead atoms. The van der Waals surface area contributed by atoms with Crippen LogP contribution >= 0.6 is 23.2 Å². The first kappa shape index (κ1) is 16.6. The van der Waals surface area contributed by atoms with Gasteiger partial charge in [0.25, 0.3) is 0 Å². The molecule has 0 heterocycles. The summed E-state index contributed by atoms with van der Waals surface area (Å²) in [5, 5.41) is 1.02. The van der Waals surface area contributed by atoms with E-state index in [2.05, 4.69) is 5.32 Å². The summed E-state index contributed by atoms with van der Waals surface area (Å²) >= 11 is 11.6. The highest BCUT2D eigenvalue weighted by molar-refractivity contribution is 6.32. The number of halogens is 5. The molecule has 1 N–H and O–H groups in total. The Labute approximate surface area is 134 Å². The monoisotopic (exact) mass is 347 g/mol. The average molecular weight is 348 g/mol. The van der Waals surface area contributed by atoms with E-state index in [0.29, 0.717) is 5.56 Å². The van der Waals surface area contributed by atoms with E-state index in [1.807, 2.05) is 0 Å². The third kappa shape index (κ3) is 3.93. The minimum Gasteiger partial charge on any atom is -0.324 e. The van der Waals surface area contributed by atoms with Crippen LogP contribution in [0.1, 0.15) is 16.5 Å². The molecule has 0 fully saturated rings. The number of carbonyl (C=O) groups is 1. The number of hydrogen-bond acceptors (Lipinski definition) is 1. The minimum absolute atomic E-state index is 0.0733. The summed E-state index contributed by atoms with van der Waals surface area (Å²) in [6, 6.07) is 11.4. The molecule has 1 amide bonds. The summed E-state index contributed by atoms with van der Waals surface area (Å²) in [5.74, 6) is -0.749. The number of hydrogen-bond donors (Lipinski definition) is 1. The van der Waals surface area contributed by atoms with Gasteiger partial charge in [-0.05, 0) is 23.8 Å². The van der Waals surface area contributed by atoms with Crippen LogP contribution in [-0.4, -0.2) is 5.91 Å². The molecule has 0 radical (unpaired) electrons. The molecule has 2 aromatic rings. The molecule has 1 unspecified atom stereocenters. The predicted octanol–water partition coefficient (Wildman–Crippen LogP) is 5.28. The quantitative estimate of drug-likeness (QED) is 0.752. The zero-order chi connectivity index (χ0) is 16.3. The SMILES string of the molecule is O=C(Nc1ccc(Cl)cc1C(F)(F)F)C(Cl)c1ccccc1. The number of nitrogens with one attached hydrogen (secondary N) is 1. The average Bonchev–Trinajstić information content (AvgIpc) is 2.48. The molecule has 22 heavy (non-hydrogen) atoms. The Bertz CT molecular complexity index is 674. The van der Waals surface area contributed by atoms with Crippen LogP contribution in [0, 0.1) is 0 Å². The fraction of sp³-hybridized carbons (Fsp3) is 0.133. The van der Waals surface area contributed by atoms with Crippen molar-refractivity contribution in [1.29, 1.82) is 0 Å². The minimum atomic E-state index is -4.64. The van der Waals surface area contributed by atoms with Crippen molar-refractivity contribution in [3.63, 3.8) is 0 Å². The number of alkyl halides is 4. The normalized spacial score (nSPS) is 12.8. The van der Waals surface area contributed by atoms with Gasteiger partial charge in [-0.1, -0.05) is 41.9 Å². The summed E-state index contributed by atoms with van der Waals surface area (Å²) in [6.07, 6.45) is -4.64. The Morgan fingerprint density at radius 3 is 2.32 bits per heavy atom. The van der Waals surface area contributed by atoms with Crippen LogP contribution in [0.3, 0.4) is 0 Å². The second-order valence-corrected chi connectivity index (χ2v) is 5.32. The van der Waals surface area contributed by atoms with Crippen LogP contribution in [-0.2, 0) is 11.0 Å². The van der Waals surface area contributed by atoms with Crippen molar-refractivity contribution in [2.75, 3.05) is 5.32 Å². The predicted molar refractivity (Wildman–Crippen MR) is 80.1 cm³/mol. The summed E-state index contributed by atoms with van der Waals surface area (Å²) < 4.78 is 38.9. The van der Waals surface area contributed by atoms with Gasteiger partial charge in [-0.2, -0.15) is 13.2 Å². The topological polar surface area (TPSA) is 29.1 Å². The summed E-state index contributed by atoms with van der Waals surface area (Å²) in [6.45, 7) is 0. The summed E-state index contributed by atoms with van der Waals surface area (Å²) in [7, 11) is 0. The second-order valence-electron chi connectivity index (χ2n) is 4.45. The number of rotatable bonds is 3. The van der Waals surface area contributed by atoms with Gasteiger partial charge in [0.1, 0.15) is 5.38 Å². The summed E-state index contributed by atoms with van der Waals surface area (Å²) in [4.78, 5) is 12.0. The number of benzene rings is 2. The zero-order valence-electron chi connectivity index (χ0n) is 11.0. The summed E-state index contributed by atoms with van der Waals surface area (Å²) in [5.41, 5.74) is -0.919. The lowest BCUT2D eigenvalue weighted by Gasteiger charge is -2.16. The first-order valence-corrected chi connectivity index (χ1v) is 6.97. The van der Waals surface area contributed by atoms with Crippen molar-refractivity contribution in [1.82, 2.24) is 0 Å². The number of carbonyl (C=O) groups excluding carboxylic acids is 1. The van der Waals surface area contributed by atoms with Gasteiger partial charge >= 0.3 is 6.18 Å². The van der Waals surface area contributed by atoms with E-state index < -0.39 is 23.0 Å². The maximum atomic E-state index is 13.0. The van der Waals surface area contributed by atoms with Gasteiger partial charge in [0.2, 0.25) is 5.91 Å². The van der Waals surface area contributed by atoms with Gasteiger partial charge in [-0.3, -0.25) is 4.79 Å². The van der Waals surface area contributed by atoms with Gasteiger partial charge in [0.05, 0.1) is 11.3 Å². The van der Waals surface area contributed by atoms with Crippen LogP contribution in [0.25, 0.3) is 0 Å². The van der Waals surface area contributed by atoms with Crippen LogP contribution in [0.4, 0.5) is 18.9 Å². The van der Waals surface area contributed by atoms with Crippen molar-refractivity contribution in [2.45, 2.75) is 11.6 Å². The first-order chi connectivity index (χ1) is 10.3. The van der Waals surface area contributed by atoms with Gasteiger partial charge in [0, 0.05) is 5.02 Å². The van der Waals surface area contributed by atoms with Crippen molar-refractivity contribution >= 4 is 34.8 Å². The third-order valence-corrected chi connectivity index (χ3v) is 3.55. The molecule has 116 valence electrons. The van der Waals surface area contributed by atoms with E-state index in [0.717, 1.165) is 12.1 Å². The van der Waals surface area contributed by atoms with Gasteiger partial charge < -0.3 is 5.32 Å². The van der Waals surface area contributed by atoms with Gasteiger partial charge in [-0.25, -0.2) is 0 Å². The maximum Gasteiger partial charge on any atom is 0.418 e. The van der Waals surface area contributed by atoms with E-state index in [-0.39, 0.29) is 10.7 Å². The van der Waals surface area contributed by atoms with Gasteiger partial charge in [-0.15, -0.1) is 11.6 Å². The van der Waals surface area contributed by atoms with Crippen LogP contribution < -0.4 is 5.32 Å². The number of amides is 1. The van der Waals surface area contributed by atoms with E-state index in [1.54, 1.807) is 30.3 Å². The van der Waals surface area contributed by atoms with Crippen molar-refractivity contribution in [3.05, 3.63) is 64.7 Å². The van der Waals surface area contributed by atoms with E-state index >= 15 is 0 Å². The van der Waals surface area contributed by atoms with Crippen LogP contribution in [0.5, 0.6) is 0 Å². The lowest BCUT2D eigenvalue weighted by Crippen LogP contribution is -2.20. The van der Waals surface area contributed by atoms with Crippen molar-refractivity contribution in [3.8, 4) is 0 Å². The lowest BCUT2D eigenvalue weighted by atomic mass is 10.1. The highest BCUT2D eigenvalue weighted by Gasteiger charge is 2.34. The van der Waals surface area contributed by atoms with Crippen molar-refractivity contribution in [2.24, 2.45) is 0 Å². The molecule has 0 aromatic heterocycles. The zero-order valence-corrected chi connectivity index (χ0v) is 12.5. The molecule has 2 rings (SSSR count). The maximum absolute atomic E-state index is 13.0. The second kappa shape index (κ2) is 6.58. The molecule has 7 heteroatoms. The standard InChI is InChI=1S/C15H10Cl2F3NO/c16-10-6-7-12(11(8-10)15(18,19)20)21-14(22)13(17)9-4-2-1-3-5-9/h1-8,13H,(H,21,22). The molecule has 1 atom stereocenters. The Kier molecular flexibility index (Phi) is 4.98. The Morgan fingerprint density at radius 1 is 1.09 bits per heavy atom. The Hall–Kier alpha value is -1.72. The molecule has 0 aliphatic carbocycles. The molecule has 2 nitrogen and oxygen atoms in total. The molecule has 0 spiro atoms. The van der Waals surface area contributed by atoms with Crippen LogP contribution in [0.15, 0.2) is 48.5 Å². The fourth-order valence-electron chi connectivity index (χ4n) is 1.83. The van der Waals surface area contributed by atoms with Gasteiger partial charge in [0.15, 0.2) is 0 Å². The molecule has 0 saturated heterocycles. The molecule has 2 aromatic carbocycles. The molecule has 0 aliphatic rings. The van der Waals surface area contributed by atoms with Crippen molar-refractivity contribution < 1.29 is 18.0 Å². The Morgan fingerprint density at radius 2 is 1.73 bits per heavy atom. The van der Waals surface area contributed by atoms with E-state index in [9.17, 15) is 18.0 Å². The third-order valence-electron chi connectivity index (χ3n) is 2.87. The van der Waals surface area contributed by atoms with E-state index in [1.165, 1.54) is 6.07 Å².